The molecule has 0 aliphatic heterocycles. The lowest BCUT2D eigenvalue weighted by Gasteiger charge is -2.02. The Balaban J connectivity index is 2.65. The first-order valence-corrected chi connectivity index (χ1v) is 5.18. The molecule has 0 amide bonds. The molecule has 1 rings (SSSR count). The molecule has 1 heterocycles. The number of rotatable bonds is 5. The zero-order valence-electron chi connectivity index (χ0n) is 10.3. The molecule has 0 spiro atoms. The molecule has 0 radical (unpaired) electrons. The predicted molar refractivity (Wildman–Crippen MR) is 57.6 cm³/mol. The van der Waals surface area contributed by atoms with Gasteiger partial charge in [0, 0.05) is 27.9 Å². The van der Waals surface area contributed by atoms with Gasteiger partial charge in [0.25, 0.3) is 5.82 Å². The monoisotopic (exact) mass is 213 g/mol. The highest BCUT2D eigenvalue weighted by molar-refractivity contribution is 5.05. The van der Waals surface area contributed by atoms with Crippen LogP contribution < -0.4 is 4.57 Å². The maximum atomic E-state index is 5.51. The van der Waals surface area contributed by atoms with Crippen LogP contribution in [0.5, 0.6) is 0 Å². The number of ether oxygens (including phenoxy) is 2. The van der Waals surface area contributed by atoms with E-state index in [1.54, 1.807) is 7.11 Å². The summed E-state index contributed by atoms with van der Waals surface area (Å²) in [5.74, 6) is 1.21. The maximum absolute atomic E-state index is 5.51. The first kappa shape index (κ1) is 12.2. The van der Waals surface area contributed by atoms with Crippen molar-refractivity contribution < 1.29 is 14.0 Å². The summed E-state index contributed by atoms with van der Waals surface area (Å²) < 4.78 is 14.8. The largest absolute Gasteiger partial charge is 0.382 e. The lowest BCUT2D eigenvalue weighted by Crippen LogP contribution is -2.33. The molecule has 0 bridgehead atoms. The smallest absolute Gasteiger partial charge is 0.255 e. The number of methoxy groups -OCH3 is 1. The fraction of sp³-hybridized carbons (Fsp3) is 0.727. The van der Waals surface area contributed by atoms with E-state index in [1.807, 2.05) is 0 Å². The standard InChI is InChI=1S/C11H21N2O2/c1-9-10(2)13(11(3)12(9)4)8-15-7-6-14-5/h6-8H2,1-5H3/q+1. The first-order valence-electron chi connectivity index (χ1n) is 5.18. The number of nitrogens with zero attached hydrogens (tertiary/aromatic N) is 2. The topological polar surface area (TPSA) is 27.3 Å². The van der Waals surface area contributed by atoms with E-state index in [9.17, 15) is 0 Å². The van der Waals surface area contributed by atoms with E-state index in [2.05, 4.69) is 37.0 Å². The number of hydrogen-bond donors (Lipinski definition) is 0. The van der Waals surface area contributed by atoms with E-state index in [0.29, 0.717) is 19.9 Å². The van der Waals surface area contributed by atoms with Crippen molar-refractivity contribution >= 4 is 0 Å². The van der Waals surface area contributed by atoms with Crippen LogP contribution in [0.15, 0.2) is 0 Å². The molecule has 0 aliphatic rings. The van der Waals surface area contributed by atoms with Crippen LogP contribution in [0, 0.1) is 20.8 Å². The quantitative estimate of drug-likeness (QED) is 0.536. The molecular formula is C11H21N2O2+. The van der Waals surface area contributed by atoms with E-state index < -0.39 is 0 Å². The third-order valence-electron chi connectivity index (χ3n) is 2.96. The zero-order valence-corrected chi connectivity index (χ0v) is 10.3. The molecule has 0 aromatic carbocycles. The summed E-state index contributed by atoms with van der Waals surface area (Å²) in [6, 6.07) is 0. The minimum Gasteiger partial charge on any atom is -0.382 e. The Hall–Kier alpha value is -0.870. The molecule has 86 valence electrons. The predicted octanol–water partition coefficient (Wildman–Crippen LogP) is 0.858. The Labute approximate surface area is 91.4 Å². The maximum Gasteiger partial charge on any atom is 0.255 e. The molecular weight excluding hydrogens is 192 g/mol. The highest BCUT2D eigenvalue weighted by Crippen LogP contribution is 2.06. The van der Waals surface area contributed by atoms with Gasteiger partial charge in [-0.2, -0.15) is 0 Å². The summed E-state index contributed by atoms with van der Waals surface area (Å²) >= 11 is 0. The Kier molecular flexibility index (Phi) is 4.29. The number of imidazole rings is 1. The van der Waals surface area contributed by atoms with Gasteiger partial charge in [0.1, 0.15) is 11.4 Å². The van der Waals surface area contributed by atoms with Gasteiger partial charge in [0.05, 0.1) is 20.3 Å². The van der Waals surface area contributed by atoms with Crippen molar-refractivity contribution in [3.63, 3.8) is 0 Å². The Morgan fingerprint density at radius 2 is 1.87 bits per heavy atom. The highest BCUT2D eigenvalue weighted by Gasteiger charge is 2.18. The molecule has 0 unspecified atom stereocenters. The van der Waals surface area contributed by atoms with Gasteiger partial charge in [-0.1, -0.05) is 0 Å². The first-order chi connectivity index (χ1) is 7.09. The Morgan fingerprint density at radius 3 is 2.33 bits per heavy atom. The molecule has 0 saturated heterocycles. The van der Waals surface area contributed by atoms with Gasteiger partial charge < -0.3 is 9.47 Å². The summed E-state index contributed by atoms with van der Waals surface area (Å²) in [5.41, 5.74) is 2.54. The number of aromatic nitrogens is 2. The molecule has 0 N–H and O–H groups in total. The Morgan fingerprint density at radius 1 is 1.20 bits per heavy atom. The second-order valence-electron chi connectivity index (χ2n) is 3.74. The van der Waals surface area contributed by atoms with Crippen molar-refractivity contribution in [2.75, 3.05) is 20.3 Å². The van der Waals surface area contributed by atoms with Gasteiger partial charge >= 0.3 is 0 Å². The molecule has 4 nitrogen and oxygen atoms in total. The molecule has 1 aromatic heterocycles. The van der Waals surface area contributed by atoms with Gasteiger partial charge in [-0.15, -0.1) is 0 Å². The SMILES string of the molecule is COCCOCn1c(C)c(C)[n+](C)c1C. The average Bonchev–Trinajstić information content (AvgIpc) is 2.41. The van der Waals surface area contributed by atoms with Gasteiger partial charge in [0.2, 0.25) is 0 Å². The molecule has 0 fully saturated rings. The van der Waals surface area contributed by atoms with Gasteiger partial charge in [0.15, 0.2) is 6.73 Å². The lowest BCUT2D eigenvalue weighted by molar-refractivity contribution is -0.683. The Bertz CT molecular complexity index is 306. The fourth-order valence-electron chi connectivity index (χ4n) is 1.59. The molecule has 4 heteroatoms. The second-order valence-corrected chi connectivity index (χ2v) is 3.74. The van der Waals surface area contributed by atoms with Crippen molar-refractivity contribution in [1.29, 1.82) is 0 Å². The molecule has 15 heavy (non-hydrogen) atoms. The third-order valence-corrected chi connectivity index (χ3v) is 2.96. The number of hydrogen-bond acceptors (Lipinski definition) is 2. The van der Waals surface area contributed by atoms with Crippen molar-refractivity contribution in [3.8, 4) is 0 Å². The molecule has 0 atom stereocenters. The summed E-state index contributed by atoms with van der Waals surface area (Å²) in [6.07, 6.45) is 0. The molecule has 0 saturated carbocycles. The van der Waals surface area contributed by atoms with Crippen molar-refractivity contribution in [2.45, 2.75) is 27.5 Å². The van der Waals surface area contributed by atoms with E-state index in [1.165, 1.54) is 17.2 Å². The van der Waals surface area contributed by atoms with Crippen LogP contribution in [0.2, 0.25) is 0 Å². The second kappa shape index (κ2) is 5.28. The van der Waals surface area contributed by atoms with E-state index >= 15 is 0 Å². The van der Waals surface area contributed by atoms with E-state index in [-0.39, 0.29) is 0 Å². The fourth-order valence-corrected chi connectivity index (χ4v) is 1.59. The van der Waals surface area contributed by atoms with Crippen LogP contribution in [-0.2, 0) is 23.3 Å². The zero-order chi connectivity index (χ0) is 11.4. The minimum absolute atomic E-state index is 0.600. The van der Waals surface area contributed by atoms with Gasteiger partial charge in [-0.3, -0.25) is 0 Å². The van der Waals surface area contributed by atoms with Gasteiger partial charge in [-0.05, 0) is 0 Å². The third kappa shape index (κ3) is 2.58. The van der Waals surface area contributed by atoms with Gasteiger partial charge in [-0.25, -0.2) is 9.13 Å². The summed E-state index contributed by atoms with van der Waals surface area (Å²) in [7, 11) is 3.75. The molecule has 0 aliphatic carbocycles. The minimum atomic E-state index is 0.600. The van der Waals surface area contributed by atoms with E-state index in [0.717, 1.165) is 0 Å². The van der Waals surface area contributed by atoms with Crippen molar-refractivity contribution in [3.05, 3.63) is 17.2 Å². The van der Waals surface area contributed by atoms with Crippen LogP contribution >= 0.6 is 0 Å². The van der Waals surface area contributed by atoms with Crippen LogP contribution in [0.1, 0.15) is 17.2 Å². The highest BCUT2D eigenvalue weighted by atomic mass is 16.5. The van der Waals surface area contributed by atoms with E-state index in [4.69, 9.17) is 9.47 Å². The van der Waals surface area contributed by atoms with Crippen LogP contribution in [0.4, 0.5) is 0 Å². The summed E-state index contributed by atoms with van der Waals surface area (Å²) in [6.45, 7) is 8.21. The van der Waals surface area contributed by atoms with Crippen molar-refractivity contribution in [2.24, 2.45) is 7.05 Å². The van der Waals surface area contributed by atoms with Crippen LogP contribution in [0.25, 0.3) is 0 Å². The lowest BCUT2D eigenvalue weighted by atomic mass is 10.4. The van der Waals surface area contributed by atoms with Crippen molar-refractivity contribution in [1.82, 2.24) is 4.57 Å². The summed E-state index contributed by atoms with van der Waals surface area (Å²) in [4.78, 5) is 0. The normalized spacial score (nSPS) is 11.0. The average molecular weight is 213 g/mol. The van der Waals surface area contributed by atoms with Crippen LogP contribution in [-0.4, -0.2) is 24.9 Å². The molecule has 1 aromatic rings. The van der Waals surface area contributed by atoms with Crippen LogP contribution in [0.3, 0.4) is 0 Å². The summed E-state index contributed by atoms with van der Waals surface area (Å²) in [5, 5.41) is 0.